The van der Waals surface area contributed by atoms with Crippen LogP contribution >= 0.6 is 11.3 Å². The van der Waals surface area contributed by atoms with Crippen molar-refractivity contribution >= 4 is 34.1 Å². The van der Waals surface area contributed by atoms with Crippen molar-refractivity contribution in [1.29, 1.82) is 0 Å². The van der Waals surface area contributed by atoms with Crippen molar-refractivity contribution in [1.82, 2.24) is 4.98 Å². The van der Waals surface area contributed by atoms with Crippen molar-refractivity contribution in [2.24, 2.45) is 5.73 Å². The van der Waals surface area contributed by atoms with Gasteiger partial charge in [-0.2, -0.15) is 0 Å². The molecule has 2 amide bonds. The van der Waals surface area contributed by atoms with Crippen LogP contribution in [0.15, 0.2) is 0 Å². The van der Waals surface area contributed by atoms with Gasteiger partial charge in [-0.3, -0.25) is 9.59 Å². The minimum Gasteiger partial charge on any atom is -0.460 e. The number of primary amides is 1. The molecule has 3 rings (SSSR count). The smallest absolute Gasteiger partial charge is 0.340 e. The Labute approximate surface area is 179 Å². The summed E-state index contributed by atoms with van der Waals surface area (Å²) in [5, 5.41) is 3.30. The Hall–Kier alpha value is -2.65. The number of H-pyrrole nitrogens is 1. The van der Waals surface area contributed by atoms with Gasteiger partial charge < -0.3 is 25.5 Å². The molecule has 0 bridgehead atoms. The van der Waals surface area contributed by atoms with Crippen molar-refractivity contribution in [3.05, 3.63) is 38.5 Å². The van der Waals surface area contributed by atoms with Crippen LogP contribution in [0.4, 0.5) is 5.00 Å². The predicted molar refractivity (Wildman–Crippen MR) is 114 cm³/mol. The molecule has 2 aromatic heterocycles. The number of carbonyl (C=O) groups excluding carboxylic acids is 3. The number of nitrogens with one attached hydrogen (secondary N) is 2. The number of esters is 1. The van der Waals surface area contributed by atoms with Crippen molar-refractivity contribution < 1.29 is 23.9 Å². The van der Waals surface area contributed by atoms with Gasteiger partial charge in [0.1, 0.15) is 17.3 Å². The Morgan fingerprint density at radius 1 is 1.10 bits per heavy atom. The molecule has 0 aromatic carbocycles. The molecule has 1 aliphatic rings. The van der Waals surface area contributed by atoms with Crippen molar-refractivity contribution in [2.45, 2.75) is 46.0 Å². The van der Waals surface area contributed by atoms with Crippen LogP contribution in [-0.2, 0) is 22.3 Å². The second-order valence-electron chi connectivity index (χ2n) is 7.34. The summed E-state index contributed by atoms with van der Waals surface area (Å²) >= 11 is 1.41. The van der Waals surface area contributed by atoms with E-state index in [1.54, 1.807) is 13.8 Å². The zero-order valence-electron chi connectivity index (χ0n) is 17.5. The molecule has 2 aromatic rings. The molecule has 30 heavy (non-hydrogen) atoms. The highest BCUT2D eigenvalue weighted by Crippen LogP contribution is 2.37. The van der Waals surface area contributed by atoms with Crippen LogP contribution in [0, 0.1) is 13.8 Å². The van der Waals surface area contributed by atoms with Crippen LogP contribution in [0.3, 0.4) is 0 Å². The molecule has 0 unspecified atom stereocenters. The first-order valence-electron chi connectivity index (χ1n) is 9.96. The van der Waals surface area contributed by atoms with Gasteiger partial charge in [0.05, 0.1) is 17.7 Å². The maximum atomic E-state index is 13.0. The van der Waals surface area contributed by atoms with Gasteiger partial charge in [0.25, 0.3) is 11.8 Å². The van der Waals surface area contributed by atoms with E-state index in [1.165, 1.54) is 18.4 Å². The molecule has 0 spiro atoms. The van der Waals surface area contributed by atoms with Crippen LogP contribution in [0.1, 0.15) is 72.2 Å². The second-order valence-corrected chi connectivity index (χ2v) is 8.45. The zero-order chi connectivity index (χ0) is 21.8. The number of ether oxygens (including phenoxy) is 2. The van der Waals surface area contributed by atoms with Crippen molar-refractivity contribution in [3.8, 4) is 0 Å². The quantitative estimate of drug-likeness (QED) is 0.352. The number of nitrogens with two attached hydrogens (primary N) is 1. The first-order chi connectivity index (χ1) is 14.3. The molecule has 162 valence electrons. The highest BCUT2D eigenvalue weighted by Gasteiger charge is 2.27. The molecule has 0 atom stereocenters. The Bertz CT molecular complexity index is 976. The van der Waals surface area contributed by atoms with Gasteiger partial charge in [0.2, 0.25) is 0 Å². The molecule has 0 saturated carbocycles. The SMILES string of the molecule is COCCOC(=O)c1c(C)[nH]c(C(=O)Nc2sc3c(c2C(N)=O)CCCCC3)c1C. The van der Waals surface area contributed by atoms with Crippen LogP contribution in [0.25, 0.3) is 0 Å². The van der Waals surface area contributed by atoms with E-state index < -0.39 is 17.8 Å². The van der Waals surface area contributed by atoms with Gasteiger partial charge in [-0.05, 0) is 50.7 Å². The lowest BCUT2D eigenvalue weighted by Crippen LogP contribution is -2.19. The van der Waals surface area contributed by atoms with Gasteiger partial charge in [-0.25, -0.2) is 4.79 Å². The number of anilines is 1. The number of rotatable bonds is 7. The Morgan fingerprint density at radius 2 is 1.83 bits per heavy atom. The molecule has 9 heteroatoms. The zero-order valence-corrected chi connectivity index (χ0v) is 18.3. The fourth-order valence-corrected chi connectivity index (χ4v) is 5.12. The molecule has 0 saturated heterocycles. The minimum absolute atomic E-state index is 0.129. The third-order valence-electron chi connectivity index (χ3n) is 5.28. The fraction of sp³-hybridized carbons (Fsp3) is 0.476. The lowest BCUT2D eigenvalue weighted by atomic mass is 10.1. The highest BCUT2D eigenvalue weighted by atomic mass is 32.1. The first-order valence-corrected chi connectivity index (χ1v) is 10.8. The molecule has 8 nitrogen and oxygen atoms in total. The lowest BCUT2D eigenvalue weighted by molar-refractivity contribution is 0.0386. The van der Waals surface area contributed by atoms with Gasteiger partial charge in [-0.1, -0.05) is 6.42 Å². The number of fused-ring (bicyclic) bond motifs is 1. The number of aryl methyl sites for hydroxylation is 2. The minimum atomic E-state index is -0.536. The summed E-state index contributed by atoms with van der Waals surface area (Å²) in [6.07, 6.45) is 4.85. The van der Waals surface area contributed by atoms with Crippen molar-refractivity contribution in [2.75, 3.05) is 25.6 Å². The van der Waals surface area contributed by atoms with Crippen LogP contribution in [0.5, 0.6) is 0 Å². The van der Waals surface area contributed by atoms with Gasteiger partial charge in [-0.15, -0.1) is 11.3 Å². The molecule has 1 aliphatic carbocycles. The number of aromatic amines is 1. The number of amides is 2. The van der Waals surface area contributed by atoms with E-state index >= 15 is 0 Å². The number of hydrogen-bond acceptors (Lipinski definition) is 6. The Morgan fingerprint density at radius 3 is 2.53 bits per heavy atom. The Balaban J connectivity index is 1.86. The van der Waals surface area contributed by atoms with E-state index in [4.69, 9.17) is 15.2 Å². The van der Waals surface area contributed by atoms with Crippen molar-refractivity contribution in [3.63, 3.8) is 0 Å². The molecular weight excluding hydrogens is 406 g/mol. The number of carbonyl (C=O) groups is 3. The Kier molecular flexibility index (Phi) is 6.94. The summed E-state index contributed by atoms with van der Waals surface area (Å²) in [7, 11) is 1.52. The topological polar surface area (TPSA) is 124 Å². The van der Waals surface area contributed by atoms with Gasteiger partial charge >= 0.3 is 5.97 Å². The van der Waals surface area contributed by atoms with Gasteiger partial charge in [0.15, 0.2) is 0 Å². The summed E-state index contributed by atoms with van der Waals surface area (Å²) < 4.78 is 10.1. The standard InChI is InChI=1S/C21H27N3O5S/c1-11-15(21(27)29-10-9-28-3)12(2)23-17(11)19(26)24-20-16(18(22)25)13-7-5-4-6-8-14(13)30-20/h23H,4-10H2,1-3H3,(H2,22,25)(H,24,26). The largest absolute Gasteiger partial charge is 0.460 e. The molecule has 4 N–H and O–H groups in total. The maximum absolute atomic E-state index is 13.0. The van der Waals surface area contributed by atoms with Crippen LogP contribution in [-0.4, -0.2) is 43.1 Å². The van der Waals surface area contributed by atoms with Crippen LogP contribution in [0.2, 0.25) is 0 Å². The predicted octanol–water partition coefficient (Wildman–Crippen LogP) is 3.12. The molecule has 0 radical (unpaired) electrons. The summed E-state index contributed by atoms with van der Waals surface area (Å²) in [5.41, 5.74) is 8.62. The third-order valence-corrected chi connectivity index (χ3v) is 6.49. The summed E-state index contributed by atoms with van der Waals surface area (Å²) in [5.74, 6) is -1.48. The van der Waals surface area contributed by atoms with Gasteiger partial charge in [0, 0.05) is 17.7 Å². The highest BCUT2D eigenvalue weighted by molar-refractivity contribution is 7.17. The van der Waals surface area contributed by atoms with Crippen LogP contribution < -0.4 is 11.1 Å². The summed E-state index contributed by atoms with van der Waals surface area (Å²) in [4.78, 5) is 41.6. The van der Waals surface area contributed by atoms with E-state index in [1.807, 2.05) is 0 Å². The fourth-order valence-electron chi connectivity index (χ4n) is 3.83. The van der Waals surface area contributed by atoms with E-state index in [2.05, 4.69) is 10.3 Å². The van der Waals surface area contributed by atoms with E-state index in [9.17, 15) is 14.4 Å². The first kappa shape index (κ1) is 22.0. The number of thiophene rings is 1. The molecule has 0 aliphatic heterocycles. The normalized spacial score (nSPS) is 13.4. The monoisotopic (exact) mass is 433 g/mol. The maximum Gasteiger partial charge on any atom is 0.340 e. The average molecular weight is 434 g/mol. The molecule has 2 heterocycles. The third kappa shape index (κ3) is 4.41. The van der Waals surface area contributed by atoms with E-state index in [0.717, 1.165) is 42.5 Å². The second kappa shape index (κ2) is 9.44. The summed E-state index contributed by atoms with van der Waals surface area (Å²) in [6.45, 7) is 3.81. The summed E-state index contributed by atoms with van der Waals surface area (Å²) in [6, 6.07) is 0. The van der Waals surface area contributed by atoms with E-state index in [0.29, 0.717) is 34.0 Å². The molecular formula is C21H27N3O5S. The number of methoxy groups -OCH3 is 1. The average Bonchev–Trinajstić information content (AvgIpc) is 3.08. The number of hydrogen-bond donors (Lipinski definition) is 3. The lowest BCUT2D eigenvalue weighted by Gasteiger charge is -2.07. The number of aromatic nitrogens is 1. The van der Waals surface area contributed by atoms with E-state index in [-0.39, 0.29) is 12.3 Å². The molecule has 0 fully saturated rings.